The zero-order chi connectivity index (χ0) is 24.4. The van der Waals surface area contributed by atoms with Gasteiger partial charge >= 0.3 is 0 Å². The average molecular weight is 475 g/mol. The lowest BCUT2D eigenvalue weighted by molar-refractivity contribution is 0.222. The molecular formula is C30H35FN2O2. The van der Waals surface area contributed by atoms with Crippen molar-refractivity contribution in [1.29, 1.82) is 0 Å². The van der Waals surface area contributed by atoms with Crippen molar-refractivity contribution >= 4 is 17.1 Å². The second kappa shape index (κ2) is 10.2. The van der Waals surface area contributed by atoms with Gasteiger partial charge in [-0.05, 0) is 91.5 Å². The first-order valence-corrected chi connectivity index (χ1v) is 12.8. The van der Waals surface area contributed by atoms with E-state index in [2.05, 4.69) is 36.1 Å². The number of benzene rings is 3. The van der Waals surface area contributed by atoms with Crippen molar-refractivity contribution in [2.45, 2.75) is 38.5 Å². The average Bonchev–Trinajstić information content (AvgIpc) is 3.73. The molecule has 1 N–H and O–H groups in total. The van der Waals surface area contributed by atoms with Crippen LogP contribution in [-0.4, -0.2) is 31.9 Å². The van der Waals surface area contributed by atoms with E-state index in [1.165, 1.54) is 30.5 Å². The van der Waals surface area contributed by atoms with Gasteiger partial charge in [0.25, 0.3) is 0 Å². The maximum Gasteiger partial charge on any atom is 0.125 e. The highest BCUT2D eigenvalue weighted by Crippen LogP contribution is 2.43. The summed E-state index contributed by atoms with van der Waals surface area (Å²) in [5, 5.41) is 10.2. The van der Waals surface area contributed by atoms with Crippen LogP contribution in [0.4, 0.5) is 21.5 Å². The highest BCUT2D eigenvalue weighted by molar-refractivity contribution is 5.78. The molecule has 1 aliphatic carbocycles. The Kier molecular flexibility index (Phi) is 6.85. The molecule has 0 bridgehead atoms. The summed E-state index contributed by atoms with van der Waals surface area (Å²) in [7, 11) is 1.93. The van der Waals surface area contributed by atoms with Gasteiger partial charge in [0.2, 0.25) is 0 Å². The van der Waals surface area contributed by atoms with Crippen molar-refractivity contribution in [2.75, 3.05) is 36.5 Å². The molecule has 1 aliphatic heterocycles. The highest BCUT2D eigenvalue weighted by Gasteiger charge is 2.29. The first-order valence-electron chi connectivity index (χ1n) is 12.8. The molecule has 5 rings (SSSR count). The Balaban J connectivity index is 1.21. The molecule has 1 heterocycles. The number of ether oxygens (including phenoxy) is 1. The van der Waals surface area contributed by atoms with Gasteiger partial charge in [0, 0.05) is 31.9 Å². The zero-order valence-electron chi connectivity index (χ0n) is 20.7. The van der Waals surface area contributed by atoms with Gasteiger partial charge in [0.1, 0.15) is 17.3 Å². The van der Waals surface area contributed by atoms with Crippen LogP contribution >= 0.6 is 0 Å². The summed E-state index contributed by atoms with van der Waals surface area (Å²) >= 11 is 0. The monoisotopic (exact) mass is 474 g/mol. The molecule has 0 radical (unpaired) electrons. The van der Waals surface area contributed by atoms with Crippen molar-refractivity contribution < 1.29 is 14.2 Å². The molecule has 184 valence electrons. The number of piperidine rings is 1. The van der Waals surface area contributed by atoms with E-state index < -0.39 is 0 Å². The van der Waals surface area contributed by atoms with Gasteiger partial charge < -0.3 is 19.6 Å². The lowest BCUT2D eigenvalue weighted by Gasteiger charge is -2.36. The molecule has 0 aromatic heterocycles. The van der Waals surface area contributed by atoms with E-state index in [0.29, 0.717) is 11.8 Å². The number of aromatic hydroxyl groups is 1. The van der Waals surface area contributed by atoms with Crippen molar-refractivity contribution in [3.8, 4) is 11.5 Å². The topological polar surface area (TPSA) is 35.9 Å². The lowest BCUT2D eigenvalue weighted by Crippen LogP contribution is -2.36. The van der Waals surface area contributed by atoms with E-state index in [4.69, 9.17) is 4.74 Å². The van der Waals surface area contributed by atoms with Gasteiger partial charge in [0.15, 0.2) is 0 Å². The van der Waals surface area contributed by atoms with E-state index in [-0.39, 0.29) is 11.6 Å². The fourth-order valence-electron chi connectivity index (χ4n) is 5.18. The van der Waals surface area contributed by atoms with Crippen molar-refractivity contribution in [2.24, 2.45) is 11.8 Å². The van der Waals surface area contributed by atoms with Crippen LogP contribution in [0.25, 0.3) is 0 Å². The Labute approximate surface area is 208 Å². The molecule has 1 saturated heterocycles. The molecule has 1 atom stereocenters. The Morgan fingerprint density at radius 2 is 1.77 bits per heavy atom. The molecule has 35 heavy (non-hydrogen) atoms. The SMILES string of the molecule is CC(c1cccc(OCC2CCN(c3cc(O)ccc3N(C)c3cccc(F)c3)CC2)c1)C1CC1. The number of rotatable bonds is 8. The smallest absolute Gasteiger partial charge is 0.125 e. The first kappa shape index (κ1) is 23.5. The number of phenols is 1. The molecule has 3 aromatic rings. The van der Waals surface area contributed by atoms with Crippen molar-refractivity contribution in [1.82, 2.24) is 0 Å². The minimum atomic E-state index is -0.261. The van der Waals surface area contributed by atoms with Gasteiger partial charge in [-0.25, -0.2) is 4.39 Å². The van der Waals surface area contributed by atoms with Gasteiger partial charge in [0.05, 0.1) is 18.0 Å². The second-order valence-electron chi connectivity index (χ2n) is 10.2. The number of halogens is 1. The van der Waals surface area contributed by atoms with Crippen LogP contribution in [-0.2, 0) is 0 Å². The summed E-state index contributed by atoms with van der Waals surface area (Å²) in [5.74, 6) is 2.91. The summed E-state index contributed by atoms with van der Waals surface area (Å²) in [5.41, 5.74) is 4.08. The van der Waals surface area contributed by atoms with Gasteiger partial charge in [-0.15, -0.1) is 0 Å². The molecule has 5 heteroatoms. The number of nitrogens with zero attached hydrogens (tertiary/aromatic N) is 2. The van der Waals surface area contributed by atoms with Crippen LogP contribution in [0.5, 0.6) is 11.5 Å². The molecule has 0 amide bonds. The van der Waals surface area contributed by atoms with E-state index >= 15 is 0 Å². The maximum atomic E-state index is 13.8. The molecule has 3 aromatic carbocycles. The zero-order valence-corrected chi connectivity index (χ0v) is 20.7. The normalized spacial score (nSPS) is 17.3. The van der Waals surface area contributed by atoms with Crippen LogP contribution in [0.2, 0.25) is 0 Å². The lowest BCUT2D eigenvalue weighted by atomic mass is 9.96. The third-order valence-electron chi connectivity index (χ3n) is 7.67. The predicted molar refractivity (Wildman–Crippen MR) is 141 cm³/mol. The van der Waals surface area contributed by atoms with Crippen LogP contribution in [0, 0.1) is 17.7 Å². The summed E-state index contributed by atoms with van der Waals surface area (Å²) in [4.78, 5) is 4.29. The molecule has 2 fully saturated rings. The third kappa shape index (κ3) is 5.55. The van der Waals surface area contributed by atoms with Crippen LogP contribution in [0.1, 0.15) is 44.1 Å². The molecule has 2 aliphatic rings. The fourth-order valence-corrected chi connectivity index (χ4v) is 5.18. The second-order valence-corrected chi connectivity index (χ2v) is 10.2. The Hall–Kier alpha value is -3.21. The molecule has 0 spiro atoms. The maximum absolute atomic E-state index is 13.8. The Bertz CT molecular complexity index is 1150. The minimum Gasteiger partial charge on any atom is -0.508 e. The van der Waals surface area contributed by atoms with Crippen molar-refractivity contribution in [3.05, 3.63) is 78.1 Å². The summed E-state index contributed by atoms with van der Waals surface area (Å²) in [6.45, 7) is 4.83. The molecular weight excluding hydrogens is 439 g/mol. The minimum absolute atomic E-state index is 0.238. The van der Waals surface area contributed by atoms with Gasteiger partial charge in [-0.2, -0.15) is 0 Å². The molecule has 4 nitrogen and oxygen atoms in total. The quantitative estimate of drug-likeness (QED) is 0.377. The van der Waals surface area contributed by atoms with Gasteiger partial charge in [-0.1, -0.05) is 25.1 Å². The number of anilines is 3. The summed E-state index contributed by atoms with van der Waals surface area (Å²) in [6, 6.07) is 20.6. The summed E-state index contributed by atoms with van der Waals surface area (Å²) < 4.78 is 20.0. The third-order valence-corrected chi connectivity index (χ3v) is 7.67. The molecule has 1 unspecified atom stereocenters. The number of phenolic OH excluding ortho intramolecular Hbond substituents is 1. The van der Waals surface area contributed by atoms with E-state index in [9.17, 15) is 9.50 Å². The van der Waals surface area contributed by atoms with Crippen molar-refractivity contribution in [3.63, 3.8) is 0 Å². The summed E-state index contributed by atoms with van der Waals surface area (Å²) in [6.07, 6.45) is 4.75. The van der Waals surface area contributed by atoms with Gasteiger partial charge in [-0.3, -0.25) is 0 Å². The number of hydrogen-bond donors (Lipinski definition) is 1. The van der Waals surface area contributed by atoms with Crippen LogP contribution < -0.4 is 14.5 Å². The number of hydrogen-bond acceptors (Lipinski definition) is 4. The van der Waals surface area contributed by atoms with E-state index in [1.54, 1.807) is 12.1 Å². The largest absolute Gasteiger partial charge is 0.508 e. The Morgan fingerprint density at radius 3 is 2.51 bits per heavy atom. The first-order chi connectivity index (χ1) is 17.0. The van der Waals surface area contributed by atoms with Crippen LogP contribution in [0.3, 0.4) is 0 Å². The Morgan fingerprint density at radius 1 is 1.00 bits per heavy atom. The predicted octanol–water partition coefficient (Wildman–Crippen LogP) is 7.11. The van der Waals surface area contributed by atoms with E-state index in [1.807, 2.05) is 30.1 Å². The standard InChI is InChI=1S/C30H35FN2O2/c1-21(23-9-10-23)24-5-3-8-28(17-24)35-20-22-13-15-33(16-14-22)30-19-27(34)11-12-29(30)32(2)26-7-4-6-25(31)18-26/h3-8,11-12,17-19,21-23,34H,9-10,13-16,20H2,1-2H3. The fraction of sp³-hybridized carbons (Fsp3) is 0.400. The van der Waals surface area contributed by atoms with Crippen LogP contribution in [0.15, 0.2) is 66.7 Å². The molecule has 1 saturated carbocycles. The highest BCUT2D eigenvalue weighted by atomic mass is 19.1. The van der Waals surface area contributed by atoms with E-state index in [0.717, 1.165) is 61.3 Å².